The van der Waals surface area contributed by atoms with Crippen LogP contribution in [0.15, 0.2) is 85.2 Å². The number of hydrogen-bond donors (Lipinski definition) is 0. The number of aromatic nitrogens is 2. The van der Waals surface area contributed by atoms with Crippen LogP contribution in [0.25, 0.3) is 38.6 Å². The van der Waals surface area contributed by atoms with Gasteiger partial charge in [0.05, 0.1) is 28.2 Å². The zero-order valence-corrected chi connectivity index (χ0v) is 16.1. The highest BCUT2D eigenvalue weighted by molar-refractivity contribution is 6.10. The number of halogens is 3. The molecule has 0 saturated heterocycles. The van der Waals surface area contributed by atoms with Gasteiger partial charge in [0.1, 0.15) is 0 Å². The van der Waals surface area contributed by atoms with E-state index in [9.17, 15) is 18.4 Å². The molecular formula is C25H14F3N3. The van der Waals surface area contributed by atoms with Crippen LogP contribution in [0, 0.1) is 11.3 Å². The van der Waals surface area contributed by atoms with Crippen LogP contribution in [-0.2, 0) is 6.18 Å². The summed E-state index contributed by atoms with van der Waals surface area (Å²) in [6.07, 6.45) is -1.27. The first kappa shape index (κ1) is 18.9. The van der Waals surface area contributed by atoms with E-state index in [1.807, 2.05) is 12.1 Å². The second-order valence-corrected chi connectivity index (χ2v) is 7.13. The van der Waals surface area contributed by atoms with Crippen LogP contribution < -0.4 is 0 Å². The van der Waals surface area contributed by atoms with Gasteiger partial charge in [0.15, 0.2) is 0 Å². The van der Waals surface area contributed by atoms with E-state index in [2.05, 4.69) is 11.1 Å². The standard InChI is InChI=1S/C25H14F3N3/c26-25(27,28)22-6-3-5-20-19-4-1-2-7-23(19)31(24(20)22)18-9-8-17(15-29)21(14-18)16-10-12-30-13-11-16/h1-14H. The molecule has 0 N–H and O–H groups in total. The van der Waals surface area contributed by atoms with E-state index >= 15 is 0 Å². The summed E-state index contributed by atoms with van der Waals surface area (Å²) in [5.74, 6) is 0. The van der Waals surface area contributed by atoms with E-state index in [0.717, 1.165) is 17.0 Å². The molecule has 0 radical (unpaired) electrons. The third-order valence-electron chi connectivity index (χ3n) is 5.37. The maximum absolute atomic E-state index is 13.9. The highest BCUT2D eigenvalue weighted by atomic mass is 19.4. The molecule has 3 nitrogen and oxygen atoms in total. The van der Waals surface area contributed by atoms with Crippen LogP contribution in [0.3, 0.4) is 0 Å². The lowest BCUT2D eigenvalue weighted by Crippen LogP contribution is -2.08. The molecule has 0 bridgehead atoms. The normalized spacial score (nSPS) is 11.7. The van der Waals surface area contributed by atoms with E-state index in [4.69, 9.17) is 0 Å². The summed E-state index contributed by atoms with van der Waals surface area (Å²) in [7, 11) is 0. The number of hydrogen-bond acceptors (Lipinski definition) is 2. The molecule has 5 aromatic rings. The molecular weight excluding hydrogens is 399 g/mol. The Balaban J connectivity index is 1.91. The number of fused-ring (bicyclic) bond motifs is 3. The SMILES string of the molecule is N#Cc1ccc(-n2c3ccccc3c3cccc(C(F)(F)F)c32)cc1-c1ccncc1. The minimum atomic E-state index is -4.51. The van der Waals surface area contributed by atoms with Crippen molar-refractivity contribution in [1.82, 2.24) is 9.55 Å². The molecule has 0 atom stereocenters. The van der Waals surface area contributed by atoms with Crippen LogP contribution in [-0.4, -0.2) is 9.55 Å². The molecule has 2 aromatic heterocycles. The molecule has 2 heterocycles. The number of nitriles is 1. The monoisotopic (exact) mass is 413 g/mol. The smallest absolute Gasteiger partial charge is 0.309 e. The quantitative estimate of drug-likeness (QED) is 0.322. The first-order chi connectivity index (χ1) is 15.0. The lowest BCUT2D eigenvalue weighted by Gasteiger charge is -2.15. The molecule has 0 aliphatic carbocycles. The Kier molecular flexibility index (Phi) is 4.26. The van der Waals surface area contributed by atoms with Crippen LogP contribution in [0.4, 0.5) is 13.2 Å². The minimum absolute atomic E-state index is 0.0987. The molecule has 0 spiro atoms. The predicted molar refractivity (Wildman–Crippen MR) is 114 cm³/mol. The molecule has 0 aliphatic heterocycles. The van der Waals surface area contributed by atoms with Gasteiger partial charge in [-0.3, -0.25) is 4.98 Å². The molecule has 0 aliphatic rings. The van der Waals surface area contributed by atoms with Crippen molar-refractivity contribution >= 4 is 21.8 Å². The van der Waals surface area contributed by atoms with Crippen molar-refractivity contribution in [1.29, 1.82) is 5.26 Å². The number of rotatable bonds is 2. The van der Waals surface area contributed by atoms with Crippen molar-refractivity contribution in [3.05, 3.63) is 96.3 Å². The van der Waals surface area contributed by atoms with Crippen molar-refractivity contribution in [2.24, 2.45) is 0 Å². The van der Waals surface area contributed by atoms with Crippen LogP contribution in [0.5, 0.6) is 0 Å². The third kappa shape index (κ3) is 3.03. The first-order valence-electron chi connectivity index (χ1n) is 9.53. The number of pyridine rings is 1. The summed E-state index contributed by atoms with van der Waals surface area (Å²) >= 11 is 0. The fourth-order valence-electron chi connectivity index (χ4n) is 4.05. The number of benzene rings is 3. The fraction of sp³-hybridized carbons (Fsp3) is 0.0400. The van der Waals surface area contributed by atoms with Crippen molar-refractivity contribution in [3.8, 4) is 22.9 Å². The number of alkyl halides is 3. The Morgan fingerprint density at radius 3 is 2.32 bits per heavy atom. The summed E-state index contributed by atoms with van der Waals surface area (Å²) in [5.41, 5.74) is 2.46. The fourth-order valence-corrected chi connectivity index (χ4v) is 4.05. The van der Waals surface area contributed by atoms with Gasteiger partial charge in [0.25, 0.3) is 0 Å². The topological polar surface area (TPSA) is 41.6 Å². The summed E-state index contributed by atoms with van der Waals surface area (Å²) in [6, 6.07) is 22.3. The first-order valence-corrected chi connectivity index (χ1v) is 9.53. The van der Waals surface area contributed by atoms with Crippen LogP contribution >= 0.6 is 0 Å². The lowest BCUT2D eigenvalue weighted by molar-refractivity contribution is -0.136. The van der Waals surface area contributed by atoms with Gasteiger partial charge < -0.3 is 4.57 Å². The Hall–Kier alpha value is -4.11. The Morgan fingerprint density at radius 1 is 0.839 bits per heavy atom. The summed E-state index contributed by atoms with van der Waals surface area (Å²) in [5, 5.41) is 10.8. The third-order valence-corrected chi connectivity index (χ3v) is 5.37. The molecule has 5 rings (SSSR count). The van der Waals surface area contributed by atoms with Gasteiger partial charge in [0.2, 0.25) is 0 Å². The van der Waals surface area contributed by atoms with E-state index in [-0.39, 0.29) is 5.52 Å². The molecule has 31 heavy (non-hydrogen) atoms. The van der Waals surface area contributed by atoms with Gasteiger partial charge in [-0.15, -0.1) is 0 Å². The van der Waals surface area contributed by atoms with Gasteiger partial charge in [-0.25, -0.2) is 0 Å². The Morgan fingerprint density at radius 2 is 1.58 bits per heavy atom. The zero-order valence-electron chi connectivity index (χ0n) is 16.1. The van der Waals surface area contributed by atoms with E-state index in [1.54, 1.807) is 65.5 Å². The van der Waals surface area contributed by atoms with Gasteiger partial charge >= 0.3 is 6.18 Å². The molecule has 6 heteroatoms. The highest BCUT2D eigenvalue weighted by Crippen LogP contribution is 2.41. The molecule has 0 fully saturated rings. The largest absolute Gasteiger partial charge is 0.418 e. The summed E-state index contributed by atoms with van der Waals surface area (Å²) < 4.78 is 43.4. The van der Waals surface area contributed by atoms with Gasteiger partial charge in [-0.1, -0.05) is 30.3 Å². The second-order valence-electron chi connectivity index (χ2n) is 7.13. The van der Waals surface area contributed by atoms with Crippen molar-refractivity contribution in [3.63, 3.8) is 0 Å². The van der Waals surface area contributed by atoms with Crippen LogP contribution in [0.1, 0.15) is 11.1 Å². The maximum Gasteiger partial charge on any atom is 0.418 e. The summed E-state index contributed by atoms with van der Waals surface area (Å²) in [6.45, 7) is 0. The lowest BCUT2D eigenvalue weighted by atomic mass is 10.0. The molecule has 0 unspecified atom stereocenters. The molecule has 0 amide bonds. The Bertz CT molecular complexity index is 1480. The van der Waals surface area contributed by atoms with E-state index in [1.165, 1.54) is 6.07 Å². The maximum atomic E-state index is 13.9. The summed E-state index contributed by atoms with van der Waals surface area (Å²) in [4.78, 5) is 4.01. The van der Waals surface area contributed by atoms with Gasteiger partial charge in [0, 0.05) is 34.4 Å². The molecule has 3 aromatic carbocycles. The second kappa shape index (κ2) is 6.99. The van der Waals surface area contributed by atoms with Gasteiger partial charge in [-0.2, -0.15) is 18.4 Å². The number of nitrogens with zero attached hydrogens (tertiary/aromatic N) is 3. The van der Waals surface area contributed by atoms with Gasteiger partial charge in [-0.05, 0) is 48.0 Å². The average molecular weight is 413 g/mol. The van der Waals surface area contributed by atoms with Crippen molar-refractivity contribution in [2.75, 3.05) is 0 Å². The Labute approximate surface area is 175 Å². The van der Waals surface area contributed by atoms with E-state index in [0.29, 0.717) is 27.7 Å². The minimum Gasteiger partial charge on any atom is -0.309 e. The zero-order chi connectivity index (χ0) is 21.6. The number of para-hydroxylation sites is 2. The highest BCUT2D eigenvalue weighted by Gasteiger charge is 2.34. The van der Waals surface area contributed by atoms with Crippen molar-refractivity contribution in [2.45, 2.75) is 6.18 Å². The van der Waals surface area contributed by atoms with Crippen molar-refractivity contribution < 1.29 is 13.2 Å². The van der Waals surface area contributed by atoms with Crippen LogP contribution in [0.2, 0.25) is 0 Å². The molecule has 150 valence electrons. The van der Waals surface area contributed by atoms with E-state index < -0.39 is 11.7 Å². The molecule has 0 saturated carbocycles. The average Bonchev–Trinajstić information content (AvgIpc) is 3.13. The predicted octanol–water partition coefficient (Wildman–Crippen LogP) is 6.74.